The largest absolute Gasteiger partial charge is 0.497 e. The number of nitrogens with zero attached hydrogens (tertiary/aromatic N) is 3. The fourth-order valence-corrected chi connectivity index (χ4v) is 3.13. The van der Waals surface area contributed by atoms with E-state index in [2.05, 4.69) is 27.2 Å². The highest BCUT2D eigenvalue weighted by Crippen LogP contribution is 2.23. The van der Waals surface area contributed by atoms with Gasteiger partial charge in [-0.05, 0) is 24.1 Å². The molecular weight excluding hydrogens is 356 g/mol. The summed E-state index contributed by atoms with van der Waals surface area (Å²) in [5.41, 5.74) is 1.05. The molecule has 1 aliphatic rings. The number of ether oxygens (including phenoxy) is 3. The van der Waals surface area contributed by atoms with Gasteiger partial charge in [-0.25, -0.2) is 4.98 Å². The highest BCUT2D eigenvalue weighted by molar-refractivity contribution is 5.79. The number of aromatic nitrogens is 1. The minimum Gasteiger partial charge on any atom is -0.497 e. The Labute approximate surface area is 166 Å². The second-order valence-electron chi connectivity index (χ2n) is 6.80. The van der Waals surface area contributed by atoms with Gasteiger partial charge < -0.3 is 24.4 Å². The second kappa shape index (κ2) is 9.94. The first-order chi connectivity index (χ1) is 13.7. The molecular formula is C21H28N4O3. The van der Waals surface area contributed by atoms with Crippen LogP contribution < -0.4 is 14.8 Å². The van der Waals surface area contributed by atoms with Gasteiger partial charge >= 0.3 is 0 Å². The summed E-state index contributed by atoms with van der Waals surface area (Å²) in [6, 6.07) is 11.3. The third-order valence-electron chi connectivity index (χ3n) is 4.64. The molecule has 0 radical (unpaired) electrons. The molecule has 28 heavy (non-hydrogen) atoms. The van der Waals surface area contributed by atoms with E-state index >= 15 is 0 Å². The monoisotopic (exact) mass is 384 g/mol. The number of guanidine groups is 1. The van der Waals surface area contributed by atoms with Crippen molar-refractivity contribution >= 4 is 5.96 Å². The van der Waals surface area contributed by atoms with Crippen LogP contribution in [0, 0.1) is 5.92 Å². The van der Waals surface area contributed by atoms with E-state index in [1.807, 2.05) is 36.4 Å². The standard InChI is InChI=1S/C21H28N4O3/c1-22-21(25(2)14-17-9-10-27-15-17)24-13-16-7-8-20(23-12-16)28-19-6-4-5-18(11-19)26-3/h4-8,11-12,17H,9-10,13-15H2,1-3H3,(H,22,24). The Hall–Kier alpha value is -2.80. The number of hydrogen-bond donors (Lipinski definition) is 1. The third kappa shape index (κ3) is 5.60. The Morgan fingerprint density at radius 2 is 2.18 bits per heavy atom. The van der Waals surface area contributed by atoms with E-state index in [0.717, 1.165) is 43.5 Å². The van der Waals surface area contributed by atoms with Crippen molar-refractivity contribution in [3.05, 3.63) is 48.2 Å². The first kappa shape index (κ1) is 19.9. The molecule has 2 aromatic rings. The van der Waals surface area contributed by atoms with Gasteiger partial charge in [0.15, 0.2) is 5.96 Å². The van der Waals surface area contributed by atoms with Crippen molar-refractivity contribution in [2.75, 3.05) is 41.0 Å². The van der Waals surface area contributed by atoms with Gasteiger partial charge in [0.2, 0.25) is 5.88 Å². The minimum absolute atomic E-state index is 0.541. The normalized spacial score (nSPS) is 16.7. The zero-order chi connectivity index (χ0) is 19.8. The molecule has 0 aliphatic carbocycles. The minimum atomic E-state index is 0.541. The van der Waals surface area contributed by atoms with E-state index in [-0.39, 0.29) is 0 Å². The van der Waals surface area contributed by atoms with Crippen LogP contribution in [0.4, 0.5) is 0 Å². The average Bonchev–Trinajstić information content (AvgIpc) is 3.23. The Morgan fingerprint density at radius 3 is 2.86 bits per heavy atom. The number of benzene rings is 1. The Kier molecular flexibility index (Phi) is 7.08. The van der Waals surface area contributed by atoms with E-state index in [0.29, 0.717) is 24.1 Å². The molecule has 0 amide bonds. The summed E-state index contributed by atoms with van der Waals surface area (Å²) in [7, 11) is 5.48. The second-order valence-corrected chi connectivity index (χ2v) is 6.80. The molecule has 1 unspecified atom stereocenters. The summed E-state index contributed by atoms with van der Waals surface area (Å²) in [4.78, 5) is 10.9. The molecule has 1 aromatic heterocycles. The lowest BCUT2D eigenvalue weighted by atomic mass is 10.1. The lowest BCUT2D eigenvalue weighted by Gasteiger charge is -2.24. The lowest BCUT2D eigenvalue weighted by Crippen LogP contribution is -2.41. The van der Waals surface area contributed by atoms with Crippen molar-refractivity contribution in [3.8, 4) is 17.4 Å². The first-order valence-corrected chi connectivity index (χ1v) is 9.44. The van der Waals surface area contributed by atoms with E-state index in [1.165, 1.54) is 0 Å². The molecule has 0 spiro atoms. The summed E-state index contributed by atoms with van der Waals surface area (Å²) >= 11 is 0. The van der Waals surface area contributed by atoms with Gasteiger partial charge in [0.25, 0.3) is 0 Å². The maximum absolute atomic E-state index is 5.78. The summed E-state index contributed by atoms with van der Waals surface area (Å²) < 4.78 is 16.4. The van der Waals surface area contributed by atoms with Crippen LogP contribution in [0.5, 0.6) is 17.4 Å². The van der Waals surface area contributed by atoms with Crippen molar-refractivity contribution < 1.29 is 14.2 Å². The molecule has 1 N–H and O–H groups in total. The number of hydrogen-bond acceptors (Lipinski definition) is 5. The number of methoxy groups -OCH3 is 1. The summed E-state index contributed by atoms with van der Waals surface area (Å²) in [6.07, 6.45) is 2.92. The molecule has 7 heteroatoms. The number of pyridine rings is 1. The Morgan fingerprint density at radius 1 is 1.32 bits per heavy atom. The van der Waals surface area contributed by atoms with Crippen molar-refractivity contribution in [2.45, 2.75) is 13.0 Å². The molecule has 1 aromatic carbocycles. The van der Waals surface area contributed by atoms with E-state index in [4.69, 9.17) is 14.2 Å². The number of nitrogens with one attached hydrogen (secondary N) is 1. The number of rotatable bonds is 7. The first-order valence-electron chi connectivity index (χ1n) is 9.44. The smallest absolute Gasteiger partial charge is 0.219 e. The molecule has 3 rings (SSSR count). The molecule has 0 bridgehead atoms. The van der Waals surface area contributed by atoms with Crippen molar-refractivity contribution in [2.24, 2.45) is 10.9 Å². The van der Waals surface area contributed by atoms with Gasteiger partial charge in [0.1, 0.15) is 11.5 Å². The highest BCUT2D eigenvalue weighted by Gasteiger charge is 2.19. The van der Waals surface area contributed by atoms with Gasteiger partial charge in [-0.3, -0.25) is 4.99 Å². The topological polar surface area (TPSA) is 68.2 Å². The van der Waals surface area contributed by atoms with Crippen LogP contribution in [0.2, 0.25) is 0 Å². The molecule has 1 atom stereocenters. The van der Waals surface area contributed by atoms with Gasteiger partial charge in [-0.1, -0.05) is 12.1 Å². The summed E-state index contributed by atoms with van der Waals surface area (Å²) in [5, 5.41) is 3.38. The molecule has 150 valence electrons. The van der Waals surface area contributed by atoms with Crippen LogP contribution in [-0.4, -0.2) is 56.8 Å². The van der Waals surface area contributed by atoms with E-state index in [1.54, 1.807) is 20.4 Å². The van der Waals surface area contributed by atoms with Gasteiger partial charge in [0, 0.05) is 58.0 Å². The zero-order valence-corrected chi connectivity index (χ0v) is 16.7. The maximum atomic E-state index is 5.78. The summed E-state index contributed by atoms with van der Waals surface area (Å²) in [5.74, 6) is 3.41. The molecule has 1 fully saturated rings. The Bertz CT molecular complexity index is 773. The zero-order valence-electron chi connectivity index (χ0n) is 16.7. The van der Waals surface area contributed by atoms with Crippen LogP contribution in [0.3, 0.4) is 0 Å². The quantitative estimate of drug-likeness (QED) is 0.585. The predicted molar refractivity (Wildman–Crippen MR) is 109 cm³/mol. The molecule has 7 nitrogen and oxygen atoms in total. The van der Waals surface area contributed by atoms with Crippen LogP contribution in [-0.2, 0) is 11.3 Å². The van der Waals surface area contributed by atoms with Crippen molar-refractivity contribution in [1.82, 2.24) is 15.2 Å². The predicted octanol–water partition coefficient (Wildman–Crippen LogP) is 2.93. The van der Waals surface area contributed by atoms with Crippen LogP contribution in [0.25, 0.3) is 0 Å². The molecule has 2 heterocycles. The fourth-order valence-electron chi connectivity index (χ4n) is 3.13. The van der Waals surface area contributed by atoms with Gasteiger partial charge in [-0.2, -0.15) is 0 Å². The third-order valence-corrected chi connectivity index (χ3v) is 4.64. The van der Waals surface area contributed by atoms with Gasteiger partial charge in [0.05, 0.1) is 13.7 Å². The highest BCUT2D eigenvalue weighted by atomic mass is 16.5. The van der Waals surface area contributed by atoms with E-state index in [9.17, 15) is 0 Å². The van der Waals surface area contributed by atoms with Gasteiger partial charge in [-0.15, -0.1) is 0 Å². The fraction of sp³-hybridized carbons (Fsp3) is 0.429. The SMILES string of the molecule is CN=C(NCc1ccc(Oc2cccc(OC)c2)nc1)N(C)CC1CCOC1. The summed E-state index contributed by atoms with van der Waals surface area (Å²) in [6.45, 7) is 3.27. The van der Waals surface area contributed by atoms with Crippen LogP contribution in [0.1, 0.15) is 12.0 Å². The maximum Gasteiger partial charge on any atom is 0.219 e. The van der Waals surface area contributed by atoms with Crippen LogP contribution >= 0.6 is 0 Å². The number of aliphatic imine (C=N–C) groups is 1. The molecule has 0 saturated carbocycles. The van der Waals surface area contributed by atoms with Crippen molar-refractivity contribution in [1.29, 1.82) is 0 Å². The Balaban J connectivity index is 1.51. The molecule has 1 aliphatic heterocycles. The average molecular weight is 384 g/mol. The molecule has 1 saturated heterocycles. The van der Waals surface area contributed by atoms with Crippen molar-refractivity contribution in [3.63, 3.8) is 0 Å². The lowest BCUT2D eigenvalue weighted by molar-refractivity contribution is 0.181. The van der Waals surface area contributed by atoms with E-state index < -0.39 is 0 Å². The van der Waals surface area contributed by atoms with Crippen LogP contribution in [0.15, 0.2) is 47.6 Å².